The van der Waals surface area contributed by atoms with Crippen molar-refractivity contribution in [3.8, 4) is 0 Å². The maximum atomic E-state index is 12.9. The second kappa shape index (κ2) is 3.91. The monoisotopic (exact) mass is 309 g/mol. The zero-order chi connectivity index (χ0) is 15.9. The number of carbonyl (C=O) groups is 3. The number of carboxylic acids is 1. The number of nitrogens with zero attached hydrogens (tertiary/aromatic N) is 1. The molecule has 0 radical (unpaired) electrons. The van der Waals surface area contributed by atoms with Gasteiger partial charge in [-0.2, -0.15) is 0 Å². The van der Waals surface area contributed by atoms with E-state index in [1.165, 1.54) is 17.0 Å². The van der Waals surface area contributed by atoms with Crippen LogP contribution in [-0.2, 0) is 9.59 Å². The Bertz CT molecular complexity index is 756. The van der Waals surface area contributed by atoms with E-state index < -0.39 is 5.97 Å². The summed E-state index contributed by atoms with van der Waals surface area (Å²) in [6, 6.07) is 5.95. The quantitative estimate of drug-likeness (QED) is 0.670. The lowest BCUT2D eigenvalue weighted by Crippen LogP contribution is -2.34. The van der Waals surface area contributed by atoms with E-state index in [1.807, 2.05) is 0 Å². The van der Waals surface area contributed by atoms with Gasteiger partial charge in [0.1, 0.15) is 0 Å². The Kier molecular flexibility index (Phi) is 2.22. The number of rotatable bonds is 2. The predicted molar refractivity (Wildman–Crippen MR) is 80.7 cm³/mol. The number of fused-ring (bicyclic) bond motifs is 3. The van der Waals surface area contributed by atoms with Gasteiger partial charge in [0.2, 0.25) is 11.8 Å². The van der Waals surface area contributed by atoms with Crippen molar-refractivity contribution in [1.82, 2.24) is 0 Å². The highest BCUT2D eigenvalue weighted by atomic mass is 16.4. The van der Waals surface area contributed by atoms with Crippen molar-refractivity contribution in [2.45, 2.75) is 12.8 Å². The summed E-state index contributed by atoms with van der Waals surface area (Å²) in [6.07, 6.45) is 6.52. The Morgan fingerprint density at radius 2 is 1.52 bits per heavy atom. The fourth-order valence-corrected chi connectivity index (χ4v) is 5.09. The zero-order valence-electron chi connectivity index (χ0n) is 12.3. The largest absolute Gasteiger partial charge is 0.478 e. The molecule has 0 aromatic heterocycles. The number of hydrogen-bond donors (Lipinski definition) is 1. The Morgan fingerprint density at radius 1 is 1.00 bits per heavy atom. The van der Waals surface area contributed by atoms with E-state index in [0.717, 1.165) is 12.8 Å². The number of aromatic carboxylic acids is 1. The lowest BCUT2D eigenvalue weighted by Gasteiger charge is -2.21. The molecule has 3 aliphatic carbocycles. The van der Waals surface area contributed by atoms with Crippen molar-refractivity contribution < 1.29 is 19.5 Å². The molecule has 2 bridgehead atoms. The van der Waals surface area contributed by atoms with Crippen LogP contribution in [0.25, 0.3) is 0 Å². The minimum absolute atomic E-state index is 0.119. The Morgan fingerprint density at radius 3 is 1.96 bits per heavy atom. The zero-order valence-corrected chi connectivity index (χ0v) is 12.3. The van der Waals surface area contributed by atoms with E-state index >= 15 is 0 Å². The van der Waals surface area contributed by atoms with Gasteiger partial charge in [0.25, 0.3) is 0 Å². The standard InChI is InChI=1S/C18H15NO4/c20-15-13-11-5-6-12(18(11)7-8-18)14(13)16(21)19(15)10-3-1-9(2-4-10)17(22)23/h1-6,11-14H,7-8H2,(H,22,23)/t11-,12-,13+,14+/m1/s1. The van der Waals surface area contributed by atoms with Crippen molar-refractivity contribution in [3.05, 3.63) is 42.0 Å². The SMILES string of the molecule is O=C(O)c1ccc(N2C(=O)[C@@H]3[C@@H](C2=O)[C@H]2C=C[C@H]3C23CC3)cc1. The summed E-state index contributed by atoms with van der Waals surface area (Å²) in [5.74, 6) is -1.30. The topological polar surface area (TPSA) is 74.7 Å². The molecule has 1 aliphatic heterocycles. The van der Waals surface area contributed by atoms with E-state index in [-0.39, 0.29) is 46.5 Å². The molecule has 5 nitrogen and oxygen atoms in total. The van der Waals surface area contributed by atoms with Gasteiger partial charge >= 0.3 is 5.97 Å². The summed E-state index contributed by atoms with van der Waals surface area (Å²) < 4.78 is 0. The maximum Gasteiger partial charge on any atom is 0.335 e. The van der Waals surface area contributed by atoms with Crippen LogP contribution >= 0.6 is 0 Å². The molecule has 4 aliphatic rings. The van der Waals surface area contributed by atoms with Gasteiger partial charge in [-0.1, -0.05) is 12.2 Å². The summed E-state index contributed by atoms with van der Waals surface area (Å²) in [5, 5.41) is 8.96. The number of carboxylic acid groups (broad SMARTS) is 1. The van der Waals surface area contributed by atoms with E-state index in [0.29, 0.717) is 5.69 Å². The van der Waals surface area contributed by atoms with Crippen LogP contribution in [0.5, 0.6) is 0 Å². The number of amides is 2. The summed E-state index contributed by atoms with van der Waals surface area (Å²) in [6.45, 7) is 0. The normalized spacial score (nSPS) is 35.2. The van der Waals surface area contributed by atoms with Gasteiger partial charge in [0, 0.05) is 0 Å². The molecular weight excluding hydrogens is 294 g/mol. The number of anilines is 1. The Balaban J connectivity index is 1.52. The molecule has 3 fully saturated rings. The minimum Gasteiger partial charge on any atom is -0.478 e. The Hall–Kier alpha value is -2.43. The first kappa shape index (κ1) is 13.0. The van der Waals surface area contributed by atoms with Gasteiger partial charge in [-0.25, -0.2) is 4.79 Å². The van der Waals surface area contributed by atoms with Crippen molar-refractivity contribution in [1.29, 1.82) is 0 Å². The first-order valence-electron chi connectivity index (χ1n) is 7.94. The van der Waals surface area contributed by atoms with E-state index in [9.17, 15) is 14.4 Å². The molecule has 23 heavy (non-hydrogen) atoms. The summed E-state index contributed by atoms with van der Waals surface area (Å²) >= 11 is 0. The van der Waals surface area contributed by atoms with Crippen LogP contribution in [-0.4, -0.2) is 22.9 Å². The summed E-state index contributed by atoms with van der Waals surface area (Å²) in [4.78, 5) is 38.0. The highest BCUT2D eigenvalue weighted by molar-refractivity contribution is 6.23. The molecule has 1 N–H and O–H groups in total. The van der Waals surface area contributed by atoms with Crippen molar-refractivity contribution in [2.75, 3.05) is 4.90 Å². The van der Waals surface area contributed by atoms with Gasteiger partial charge in [-0.05, 0) is 54.4 Å². The smallest absolute Gasteiger partial charge is 0.335 e. The third-order valence-corrected chi connectivity index (χ3v) is 6.23. The van der Waals surface area contributed by atoms with Crippen LogP contribution in [0, 0.1) is 29.1 Å². The van der Waals surface area contributed by atoms with Crippen molar-refractivity contribution in [2.24, 2.45) is 29.1 Å². The highest BCUT2D eigenvalue weighted by Crippen LogP contribution is 2.73. The van der Waals surface area contributed by atoms with E-state index in [1.54, 1.807) is 12.1 Å². The average Bonchev–Trinajstić information content (AvgIpc) is 3.13. The summed E-state index contributed by atoms with van der Waals surface area (Å²) in [7, 11) is 0. The van der Waals surface area contributed by atoms with Gasteiger partial charge in [-0.15, -0.1) is 0 Å². The molecular formula is C18H15NO4. The average molecular weight is 309 g/mol. The number of hydrogen-bond acceptors (Lipinski definition) is 3. The minimum atomic E-state index is -1.02. The van der Waals surface area contributed by atoms with Crippen LogP contribution in [0.2, 0.25) is 0 Å². The van der Waals surface area contributed by atoms with Gasteiger partial charge in [-0.3, -0.25) is 14.5 Å². The van der Waals surface area contributed by atoms with E-state index in [2.05, 4.69) is 12.2 Å². The lowest BCUT2D eigenvalue weighted by atomic mass is 9.85. The van der Waals surface area contributed by atoms with Crippen LogP contribution in [0.4, 0.5) is 5.69 Å². The van der Waals surface area contributed by atoms with Crippen LogP contribution in [0.15, 0.2) is 36.4 Å². The van der Waals surface area contributed by atoms with Crippen LogP contribution in [0.3, 0.4) is 0 Å². The number of imide groups is 1. The molecule has 4 atom stereocenters. The molecule has 0 unspecified atom stereocenters. The van der Waals surface area contributed by atoms with Crippen LogP contribution < -0.4 is 4.90 Å². The molecule has 1 aromatic rings. The predicted octanol–water partition coefficient (Wildman–Crippen LogP) is 2.09. The maximum absolute atomic E-state index is 12.9. The molecule has 5 rings (SSSR count). The van der Waals surface area contributed by atoms with Gasteiger partial charge in [0.15, 0.2) is 0 Å². The third kappa shape index (κ3) is 1.41. The molecule has 1 spiro atoms. The molecule has 5 heteroatoms. The fourth-order valence-electron chi connectivity index (χ4n) is 5.09. The molecule has 1 aromatic carbocycles. The van der Waals surface area contributed by atoms with E-state index in [4.69, 9.17) is 5.11 Å². The number of benzene rings is 1. The lowest BCUT2D eigenvalue weighted by molar-refractivity contribution is -0.123. The fraction of sp³-hybridized carbons (Fsp3) is 0.389. The second-order valence-electron chi connectivity index (χ2n) is 7.09. The first-order chi connectivity index (χ1) is 11.0. The number of allylic oxidation sites excluding steroid dienone is 2. The molecule has 1 heterocycles. The summed E-state index contributed by atoms with van der Waals surface area (Å²) in [5.41, 5.74) is 0.815. The van der Waals surface area contributed by atoms with Crippen molar-refractivity contribution >= 4 is 23.5 Å². The van der Waals surface area contributed by atoms with Gasteiger partial charge < -0.3 is 5.11 Å². The molecule has 2 saturated carbocycles. The highest BCUT2D eigenvalue weighted by Gasteiger charge is 2.73. The van der Waals surface area contributed by atoms with Crippen molar-refractivity contribution in [3.63, 3.8) is 0 Å². The molecule has 116 valence electrons. The first-order valence-corrected chi connectivity index (χ1v) is 7.94. The number of carbonyl (C=O) groups excluding carboxylic acids is 2. The van der Waals surface area contributed by atoms with Gasteiger partial charge in [0.05, 0.1) is 23.1 Å². The molecule has 2 amide bonds. The second-order valence-corrected chi connectivity index (χ2v) is 7.09. The molecule has 1 saturated heterocycles. The van der Waals surface area contributed by atoms with Crippen LogP contribution in [0.1, 0.15) is 23.2 Å². The Labute approximate surface area is 132 Å². The third-order valence-electron chi connectivity index (χ3n) is 6.23.